The fourth-order valence-electron chi connectivity index (χ4n) is 2.97. The molecular weight excluding hydrogens is 364 g/mol. The van der Waals surface area contributed by atoms with Crippen molar-refractivity contribution in [3.05, 3.63) is 72.2 Å². The Labute approximate surface area is 171 Å². The highest BCUT2D eigenvalue weighted by Gasteiger charge is 2.19. The normalized spacial score (nSPS) is 10.7. The fraction of sp³-hybridized carbons (Fsp3) is 0.261. The second kappa shape index (κ2) is 9.19. The minimum atomic E-state index is -0.159. The second-order valence-electron chi connectivity index (χ2n) is 6.89. The topological polar surface area (TPSA) is 67.4 Å². The smallest absolute Gasteiger partial charge is 0.277 e. The first kappa shape index (κ1) is 20.3. The zero-order valence-corrected chi connectivity index (χ0v) is 17.2. The van der Waals surface area contributed by atoms with Gasteiger partial charge in [-0.2, -0.15) is 0 Å². The molecule has 0 saturated heterocycles. The monoisotopic (exact) mass is 390 g/mol. The maximum absolute atomic E-state index is 13.1. The average molecular weight is 390 g/mol. The van der Waals surface area contributed by atoms with Gasteiger partial charge in [0, 0.05) is 24.0 Å². The molecule has 29 heavy (non-hydrogen) atoms. The van der Waals surface area contributed by atoms with E-state index >= 15 is 0 Å². The molecule has 0 aliphatic heterocycles. The van der Waals surface area contributed by atoms with Crippen molar-refractivity contribution in [1.29, 1.82) is 0 Å². The van der Waals surface area contributed by atoms with Gasteiger partial charge in [0.15, 0.2) is 0 Å². The van der Waals surface area contributed by atoms with Crippen LogP contribution in [0.25, 0.3) is 0 Å². The number of rotatable bonds is 7. The molecule has 0 fully saturated rings. The van der Waals surface area contributed by atoms with Crippen LogP contribution in [0.3, 0.4) is 0 Å². The van der Waals surface area contributed by atoms with E-state index in [1.54, 1.807) is 17.9 Å². The van der Waals surface area contributed by atoms with Crippen molar-refractivity contribution in [2.75, 3.05) is 16.8 Å². The first-order valence-electron chi connectivity index (χ1n) is 9.72. The van der Waals surface area contributed by atoms with Gasteiger partial charge >= 0.3 is 0 Å². The SMILES string of the molecule is CCN(C(=O)c1cc(Nc2ccc(OC(C)C)cc2)nc(C)n1)c1ccccc1. The van der Waals surface area contributed by atoms with E-state index in [1.807, 2.05) is 75.4 Å². The molecule has 0 bridgehead atoms. The maximum atomic E-state index is 13.1. The Morgan fingerprint density at radius 1 is 1.07 bits per heavy atom. The van der Waals surface area contributed by atoms with E-state index < -0.39 is 0 Å². The number of amides is 1. The number of nitrogens with one attached hydrogen (secondary N) is 1. The highest BCUT2D eigenvalue weighted by Crippen LogP contribution is 2.22. The van der Waals surface area contributed by atoms with Crippen molar-refractivity contribution in [2.45, 2.75) is 33.8 Å². The number of aromatic nitrogens is 2. The third-order valence-electron chi connectivity index (χ3n) is 4.18. The Bertz CT molecular complexity index is 956. The molecule has 6 nitrogen and oxygen atoms in total. The Balaban J connectivity index is 1.81. The van der Waals surface area contributed by atoms with E-state index in [1.165, 1.54) is 0 Å². The zero-order chi connectivity index (χ0) is 20.8. The highest BCUT2D eigenvalue weighted by atomic mass is 16.5. The summed E-state index contributed by atoms with van der Waals surface area (Å²) in [6.07, 6.45) is 0.123. The Morgan fingerprint density at radius 3 is 2.38 bits per heavy atom. The predicted octanol–water partition coefficient (Wildman–Crippen LogP) is 4.98. The summed E-state index contributed by atoms with van der Waals surface area (Å²) < 4.78 is 5.67. The van der Waals surface area contributed by atoms with Crippen LogP contribution in [0, 0.1) is 6.92 Å². The Hall–Kier alpha value is -3.41. The lowest BCUT2D eigenvalue weighted by atomic mass is 10.2. The third-order valence-corrected chi connectivity index (χ3v) is 4.18. The first-order valence-corrected chi connectivity index (χ1v) is 9.72. The summed E-state index contributed by atoms with van der Waals surface area (Å²) in [5.74, 6) is 1.75. The lowest BCUT2D eigenvalue weighted by Crippen LogP contribution is -2.31. The lowest BCUT2D eigenvalue weighted by Gasteiger charge is -2.21. The summed E-state index contributed by atoms with van der Waals surface area (Å²) in [6.45, 7) is 8.25. The molecule has 3 rings (SSSR count). The number of carbonyl (C=O) groups is 1. The van der Waals surface area contributed by atoms with Gasteiger partial charge in [0.25, 0.3) is 5.91 Å². The van der Waals surface area contributed by atoms with Crippen LogP contribution in [0.15, 0.2) is 60.7 Å². The summed E-state index contributed by atoms with van der Waals surface area (Å²) in [5, 5.41) is 3.24. The second-order valence-corrected chi connectivity index (χ2v) is 6.89. The van der Waals surface area contributed by atoms with Crippen molar-refractivity contribution in [1.82, 2.24) is 9.97 Å². The van der Waals surface area contributed by atoms with E-state index in [0.29, 0.717) is 23.9 Å². The molecular formula is C23H26N4O2. The van der Waals surface area contributed by atoms with E-state index in [-0.39, 0.29) is 12.0 Å². The van der Waals surface area contributed by atoms with E-state index in [2.05, 4.69) is 15.3 Å². The molecule has 0 saturated carbocycles. The molecule has 0 unspecified atom stereocenters. The van der Waals surface area contributed by atoms with Crippen LogP contribution in [0.4, 0.5) is 17.2 Å². The summed E-state index contributed by atoms with van der Waals surface area (Å²) in [4.78, 5) is 23.5. The number of nitrogens with zero attached hydrogens (tertiary/aromatic N) is 3. The van der Waals surface area contributed by atoms with Crippen LogP contribution < -0.4 is 15.0 Å². The molecule has 1 heterocycles. The summed E-state index contributed by atoms with van der Waals surface area (Å²) in [5.41, 5.74) is 2.05. The van der Waals surface area contributed by atoms with Gasteiger partial charge in [-0.1, -0.05) is 18.2 Å². The number of benzene rings is 2. The number of ether oxygens (including phenoxy) is 1. The maximum Gasteiger partial charge on any atom is 0.277 e. The van der Waals surface area contributed by atoms with Gasteiger partial charge in [-0.3, -0.25) is 4.79 Å². The summed E-state index contributed by atoms with van der Waals surface area (Å²) in [6, 6.07) is 18.9. The van der Waals surface area contributed by atoms with Crippen LogP contribution in [-0.2, 0) is 0 Å². The van der Waals surface area contributed by atoms with Crippen LogP contribution in [0.5, 0.6) is 5.75 Å². The predicted molar refractivity (Wildman–Crippen MR) is 116 cm³/mol. The summed E-state index contributed by atoms with van der Waals surface area (Å²) in [7, 11) is 0. The quantitative estimate of drug-likeness (QED) is 0.616. The van der Waals surface area contributed by atoms with Crippen LogP contribution in [0.2, 0.25) is 0 Å². The van der Waals surface area contributed by atoms with Gasteiger partial charge in [-0.15, -0.1) is 0 Å². The zero-order valence-electron chi connectivity index (χ0n) is 17.2. The van der Waals surface area contributed by atoms with E-state index in [4.69, 9.17) is 4.74 Å². The third kappa shape index (κ3) is 5.31. The number of hydrogen-bond acceptors (Lipinski definition) is 5. The van der Waals surface area contributed by atoms with Gasteiger partial charge < -0.3 is 15.0 Å². The molecule has 0 spiro atoms. The van der Waals surface area contributed by atoms with Crippen molar-refractivity contribution in [3.63, 3.8) is 0 Å². The fourth-order valence-corrected chi connectivity index (χ4v) is 2.97. The van der Waals surface area contributed by atoms with Gasteiger partial charge in [-0.05, 0) is 64.1 Å². The van der Waals surface area contributed by atoms with E-state index in [9.17, 15) is 4.79 Å². The minimum Gasteiger partial charge on any atom is -0.491 e. The highest BCUT2D eigenvalue weighted by molar-refractivity contribution is 6.05. The first-order chi connectivity index (χ1) is 14.0. The lowest BCUT2D eigenvalue weighted by molar-refractivity contribution is 0.0983. The van der Waals surface area contributed by atoms with Gasteiger partial charge in [0.1, 0.15) is 23.1 Å². The van der Waals surface area contributed by atoms with Crippen molar-refractivity contribution >= 4 is 23.1 Å². The van der Waals surface area contributed by atoms with Crippen molar-refractivity contribution < 1.29 is 9.53 Å². The standard InChI is InChI=1S/C23H26N4O2/c1-5-27(19-9-7-6-8-10-19)23(28)21-15-22(25-17(4)24-21)26-18-11-13-20(14-12-18)29-16(2)3/h6-16H,5H2,1-4H3,(H,24,25,26). The number of para-hydroxylation sites is 1. The number of hydrogen-bond donors (Lipinski definition) is 1. The van der Waals surface area contributed by atoms with Crippen LogP contribution in [-0.4, -0.2) is 28.5 Å². The number of carbonyl (C=O) groups excluding carboxylic acids is 1. The minimum absolute atomic E-state index is 0.123. The molecule has 0 atom stereocenters. The molecule has 1 amide bonds. The number of anilines is 3. The Morgan fingerprint density at radius 2 is 1.76 bits per heavy atom. The molecule has 0 radical (unpaired) electrons. The molecule has 6 heteroatoms. The van der Waals surface area contributed by atoms with Crippen LogP contribution in [0.1, 0.15) is 37.1 Å². The molecule has 0 aliphatic carbocycles. The molecule has 150 valence electrons. The molecule has 2 aromatic carbocycles. The van der Waals surface area contributed by atoms with Crippen LogP contribution >= 0.6 is 0 Å². The Kier molecular flexibility index (Phi) is 6.44. The van der Waals surface area contributed by atoms with Crippen molar-refractivity contribution in [3.8, 4) is 5.75 Å². The molecule has 1 aromatic heterocycles. The largest absolute Gasteiger partial charge is 0.491 e. The molecule has 1 N–H and O–H groups in total. The van der Waals surface area contributed by atoms with Gasteiger partial charge in [0.2, 0.25) is 0 Å². The van der Waals surface area contributed by atoms with Gasteiger partial charge in [-0.25, -0.2) is 9.97 Å². The summed E-state index contributed by atoms with van der Waals surface area (Å²) >= 11 is 0. The number of aryl methyl sites for hydroxylation is 1. The molecule has 0 aliphatic rings. The van der Waals surface area contributed by atoms with E-state index in [0.717, 1.165) is 17.1 Å². The van der Waals surface area contributed by atoms with Crippen molar-refractivity contribution in [2.24, 2.45) is 0 Å². The average Bonchev–Trinajstić information content (AvgIpc) is 2.70. The van der Waals surface area contributed by atoms with Gasteiger partial charge in [0.05, 0.1) is 6.10 Å². The molecule has 3 aromatic rings.